The van der Waals surface area contributed by atoms with Crippen LogP contribution < -0.4 is 15.5 Å². The van der Waals surface area contributed by atoms with Gasteiger partial charge in [0, 0.05) is 50.5 Å². The average Bonchev–Trinajstić information content (AvgIpc) is 3.45. The second-order valence-electron chi connectivity index (χ2n) is 9.66. The Labute approximate surface area is 216 Å². The summed E-state index contributed by atoms with van der Waals surface area (Å²) in [7, 11) is 0. The topological polar surface area (TPSA) is 117 Å². The van der Waals surface area contributed by atoms with Crippen molar-refractivity contribution in [3.63, 3.8) is 0 Å². The number of benzene rings is 1. The Balaban J connectivity index is 1.13. The van der Waals surface area contributed by atoms with Crippen LogP contribution in [0.2, 0.25) is 0 Å². The molecule has 2 aromatic heterocycles. The van der Waals surface area contributed by atoms with E-state index in [0.717, 1.165) is 70.2 Å². The van der Waals surface area contributed by atoms with Gasteiger partial charge in [-0.2, -0.15) is 0 Å². The van der Waals surface area contributed by atoms with Crippen LogP contribution in [0.3, 0.4) is 0 Å². The van der Waals surface area contributed by atoms with Crippen LogP contribution in [0.1, 0.15) is 18.7 Å². The zero-order valence-corrected chi connectivity index (χ0v) is 20.6. The average molecular weight is 499 g/mol. The van der Waals surface area contributed by atoms with Gasteiger partial charge in [-0.25, -0.2) is 9.97 Å². The van der Waals surface area contributed by atoms with Crippen LogP contribution in [0.25, 0.3) is 11.3 Å². The second-order valence-corrected chi connectivity index (χ2v) is 9.66. The van der Waals surface area contributed by atoms with E-state index in [-0.39, 0.29) is 5.75 Å². The normalized spacial score (nSPS) is 21.5. The van der Waals surface area contributed by atoms with Crippen molar-refractivity contribution in [1.82, 2.24) is 25.1 Å². The van der Waals surface area contributed by atoms with Crippen molar-refractivity contribution < 1.29 is 9.84 Å². The van der Waals surface area contributed by atoms with E-state index in [1.54, 1.807) is 18.3 Å². The standard InChI is InChI=1S/C27H30N8O2/c28-27-23(16-22(31-32-27)21-5-1-2-6-24(21)36)33-11-4-12-34(14-13-33)26-8-9-29-25(30-26)7-3-10-35-17-20-15-19(35)18-37-20/h1-2,5-6,8-9,16,19-20,36H,4,10-15,17-18H2,(H2,28,32)/t19-,20-/m0/s1. The van der Waals surface area contributed by atoms with Crippen LogP contribution in [-0.4, -0.2) is 88.2 Å². The molecule has 0 radical (unpaired) electrons. The number of fused-ring (bicyclic) bond motifs is 2. The lowest BCUT2D eigenvalue weighted by molar-refractivity contribution is 0.0363. The number of hydrogen-bond donors (Lipinski definition) is 2. The molecule has 37 heavy (non-hydrogen) atoms. The van der Waals surface area contributed by atoms with Crippen molar-refractivity contribution in [2.24, 2.45) is 0 Å². The van der Waals surface area contributed by atoms with E-state index >= 15 is 0 Å². The quantitative estimate of drug-likeness (QED) is 0.516. The van der Waals surface area contributed by atoms with E-state index in [1.165, 1.54) is 0 Å². The molecule has 6 rings (SSSR count). The number of nitrogens with two attached hydrogens (primary N) is 1. The van der Waals surface area contributed by atoms with Crippen molar-refractivity contribution in [3.8, 4) is 28.8 Å². The van der Waals surface area contributed by atoms with Crippen LogP contribution in [-0.2, 0) is 4.74 Å². The van der Waals surface area contributed by atoms with Gasteiger partial charge in [-0.15, -0.1) is 10.2 Å². The zero-order valence-electron chi connectivity index (χ0n) is 20.6. The summed E-state index contributed by atoms with van der Waals surface area (Å²) in [4.78, 5) is 16.0. The second kappa shape index (κ2) is 10.2. The maximum atomic E-state index is 10.2. The van der Waals surface area contributed by atoms with Gasteiger partial charge in [0.25, 0.3) is 0 Å². The monoisotopic (exact) mass is 498 g/mol. The number of aromatic hydroxyl groups is 1. The van der Waals surface area contributed by atoms with E-state index < -0.39 is 0 Å². The molecule has 5 heterocycles. The smallest absolute Gasteiger partial charge is 0.206 e. The van der Waals surface area contributed by atoms with Crippen molar-refractivity contribution in [3.05, 3.63) is 48.4 Å². The van der Waals surface area contributed by atoms with Gasteiger partial charge in [0.15, 0.2) is 5.82 Å². The SMILES string of the molecule is Nc1nnc(-c2ccccc2O)cc1N1CCCN(c2ccnc(C#CCN3C[C@@H]4C[C@H]3CO4)n2)CC1. The molecule has 3 fully saturated rings. The molecule has 1 aromatic carbocycles. The molecule has 0 spiro atoms. The fraction of sp³-hybridized carbons (Fsp3) is 0.407. The summed E-state index contributed by atoms with van der Waals surface area (Å²) in [5.74, 6) is 8.38. The molecule has 3 N–H and O–H groups in total. The number of hydrogen-bond acceptors (Lipinski definition) is 10. The number of nitrogen functional groups attached to an aromatic ring is 1. The van der Waals surface area contributed by atoms with Crippen LogP contribution in [0, 0.1) is 11.8 Å². The molecule has 2 atom stereocenters. The van der Waals surface area contributed by atoms with Crippen LogP contribution in [0.15, 0.2) is 42.6 Å². The molecule has 0 aliphatic carbocycles. The van der Waals surface area contributed by atoms with Crippen molar-refractivity contribution in [2.45, 2.75) is 25.0 Å². The molecular formula is C27H30N8O2. The predicted molar refractivity (Wildman–Crippen MR) is 141 cm³/mol. The number of anilines is 3. The maximum Gasteiger partial charge on any atom is 0.206 e. The van der Waals surface area contributed by atoms with Gasteiger partial charge in [-0.05, 0) is 43.0 Å². The van der Waals surface area contributed by atoms with Gasteiger partial charge in [-0.3, -0.25) is 4.90 Å². The van der Waals surface area contributed by atoms with Gasteiger partial charge >= 0.3 is 0 Å². The first-order valence-electron chi connectivity index (χ1n) is 12.7. The summed E-state index contributed by atoms with van der Waals surface area (Å²) in [6, 6.07) is 11.5. The fourth-order valence-electron chi connectivity index (χ4n) is 5.33. The van der Waals surface area contributed by atoms with E-state index in [0.29, 0.717) is 35.0 Å². The number of phenols is 1. The predicted octanol–water partition coefficient (Wildman–Crippen LogP) is 1.76. The Hall–Kier alpha value is -3.94. The summed E-state index contributed by atoms with van der Waals surface area (Å²) in [6.07, 6.45) is 4.21. The van der Waals surface area contributed by atoms with Gasteiger partial charge in [-0.1, -0.05) is 18.1 Å². The number of rotatable bonds is 4. The molecule has 190 valence electrons. The molecule has 0 unspecified atom stereocenters. The molecule has 0 saturated carbocycles. The number of phenolic OH excluding ortho intramolecular Hbond substituents is 1. The first kappa shape index (κ1) is 23.5. The number of ether oxygens (including phenoxy) is 1. The van der Waals surface area contributed by atoms with Crippen molar-refractivity contribution in [2.75, 3.05) is 61.4 Å². The number of nitrogens with zero attached hydrogens (tertiary/aromatic N) is 7. The Morgan fingerprint density at radius 3 is 2.78 bits per heavy atom. The molecule has 3 aliphatic heterocycles. The third-order valence-electron chi connectivity index (χ3n) is 7.28. The lowest BCUT2D eigenvalue weighted by atomic mass is 10.1. The van der Waals surface area contributed by atoms with Gasteiger partial charge < -0.3 is 25.4 Å². The number of aromatic nitrogens is 4. The minimum atomic E-state index is 0.166. The van der Waals surface area contributed by atoms with Crippen molar-refractivity contribution >= 4 is 17.3 Å². The van der Waals surface area contributed by atoms with Gasteiger partial charge in [0.05, 0.1) is 30.6 Å². The molecule has 2 bridgehead atoms. The maximum absolute atomic E-state index is 10.2. The Bertz CT molecular complexity index is 1340. The van der Waals surface area contributed by atoms with Crippen LogP contribution in [0.5, 0.6) is 5.75 Å². The Morgan fingerprint density at radius 2 is 1.95 bits per heavy atom. The molecule has 3 saturated heterocycles. The fourth-order valence-corrected chi connectivity index (χ4v) is 5.33. The number of likely N-dealkylation sites (tertiary alicyclic amines) is 1. The van der Waals surface area contributed by atoms with Crippen molar-refractivity contribution in [1.29, 1.82) is 0 Å². The van der Waals surface area contributed by atoms with E-state index in [1.807, 2.05) is 24.3 Å². The van der Waals surface area contributed by atoms with E-state index in [4.69, 9.17) is 15.5 Å². The first-order chi connectivity index (χ1) is 18.1. The number of para-hydroxylation sites is 1. The summed E-state index contributed by atoms with van der Waals surface area (Å²) in [5, 5.41) is 18.6. The minimum Gasteiger partial charge on any atom is -0.507 e. The highest BCUT2D eigenvalue weighted by Crippen LogP contribution is 2.32. The molecular weight excluding hydrogens is 468 g/mol. The summed E-state index contributed by atoms with van der Waals surface area (Å²) >= 11 is 0. The zero-order chi connectivity index (χ0) is 25.2. The third-order valence-corrected chi connectivity index (χ3v) is 7.28. The lowest BCUT2D eigenvalue weighted by Crippen LogP contribution is -2.37. The van der Waals surface area contributed by atoms with Crippen LogP contribution >= 0.6 is 0 Å². The highest BCUT2D eigenvalue weighted by molar-refractivity contribution is 5.74. The van der Waals surface area contributed by atoms with Gasteiger partial charge in [0.1, 0.15) is 11.6 Å². The third kappa shape index (κ3) is 5.01. The van der Waals surface area contributed by atoms with E-state index in [2.05, 4.69) is 41.7 Å². The summed E-state index contributed by atoms with van der Waals surface area (Å²) < 4.78 is 5.67. The molecule has 10 heteroatoms. The highest BCUT2D eigenvalue weighted by Gasteiger charge is 2.38. The molecule has 3 aromatic rings. The summed E-state index contributed by atoms with van der Waals surface area (Å²) in [5.41, 5.74) is 8.28. The lowest BCUT2D eigenvalue weighted by Gasteiger charge is -2.25. The van der Waals surface area contributed by atoms with E-state index in [9.17, 15) is 5.11 Å². The largest absolute Gasteiger partial charge is 0.507 e. The summed E-state index contributed by atoms with van der Waals surface area (Å²) in [6.45, 7) is 5.72. The molecule has 0 amide bonds. The Kier molecular flexibility index (Phi) is 6.47. The first-order valence-corrected chi connectivity index (χ1v) is 12.7. The highest BCUT2D eigenvalue weighted by atomic mass is 16.5. The molecule has 10 nitrogen and oxygen atoms in total. The Morgan fingerprint density at radius 1 is 1.08 bits per heavy atom. The number of morpholine rings is 1. The molecule has 3 aliphatic rings. The van der Waals surface area contributed by atoms with Gasteiger partial charge in [0.2, 0.25) is 5.82 Å². The van der Waals surface area contributed by atoms with Crippen LogP contribution in [0.4, 0.5) is 17.3 Å². The minimum absolute atomic E-state index is 0.166.